The molecule has 72 valence electrons. The first kappa shape index (κ1) is 7.79. The SMILES string of the molecule is Cc1cc(N2CCC2)n2nccc2n1. The zero-order valence-corrected chi connectivity index (χ0v) is 8.14. The summed E-state index contributed by atoms with van der Waals surface area (Å²) in [5, 5.41) is 4.28. The molecule has 0 N–H and O–H groups in total. The van der Waals surface area contributed by atoms with Crippen LogP contribution < -0.4 is 4.90 Å². The lowest BCUT2D eigenvalue weighted by Gasteiger charge is -2.33. The number of hydrogen-bond donors (Lipinski definition) is 0. The second-order valence-corrected chi connectivity index (χ2v) is 3.70. The van der Waals surface area contributed by atoms with Crippen molar-refractivity contribution in [3.05, 3.63) is 24.0 Å². The van der Waals surface area contributed by atoms with Crippen molar-refractivity contribution < 1.29 is 0 Å². The summed E-state index contributed by atoms with van der Waals surface area (Å²) in [6.07, 6.45) is 3.08. The van der Waals surface area contributed by atoms with Crippen LogP contribution in [-0.4, -0.2) is 27.7 Å². The van der Waals surface area contributed by atoms with Gasteiger partial charge in [0, 0.05) is 30.9 Å². The predicted molar refractivity (Wildman–Crippen MR) is 54.6 cm³/mol. The van der Waals surface area contributed by atoms with Crippen molar-refractivity contribution in [1.82, 2.24) is 14.6 Å². The van der Waals surface area contributed by atoms with E-state index in [4.69, 9.17) is 0 Å². The number of hydrogen-bond acceptors (Lipinski definition) is 3. The highest BCUT2D eigenvalue weighted by molar-refractivity contribution is 5.51. The van der Waals surface area contributed by atoms with E-state index in [0.29, 0.717) is 0 Å². The van der Waals surface area contributed by atoms with Gasteiger partial charge in [-0.25, -0.2) is 4.98 Å². The summed E-state index contributed by atoms with van der Waals surface area (Å²) < 4.78 is 1.91. The molecule has 0 bridgehead atoms. The molecule has 0 spiro atoms. The van der Waals surface area contributed by atoms with Gasteiger partial charge < -0.3 is 4.90 Å². The lowest BCUT2D eigenvalue weighted by Crippen LogP contribution is -2.38. The molecule has 3 heterocycles. The predicted octanol–water partition coefficient (Wildman–Crippen LogP) is 1.25. The average molecular weight is 188 g/mol. The molecule has 1 saturated heterocycles. The van der Waals surface area contributed by atoms with Gasteiger partial charge in [0.05, 0.1) is 6.20 Å². The van der Waals surface area contributed by atoms with Crippen molar-refractivity contribution in [1.29, 1.82) is 0 Å². The Hall–Kier alpha value is -1.58. The van der Waals surface area contributed by atoms with E-state index >= 15 is 0 Å². The van der Waals surface area contributed by atoms with Crippen LogP contribution in [0.15, 0.2) is 18.3 Å². The molecule has 0 aliphatic carbocycles. The molecule has 4 nitrogen and oxygen atoms in total. The number of anilines is 1. The van der Waals surface area contributed by atoms with Crippen molar-refractivity contribution in [2.45, 2.75) is 13.3 Å². The maximum absolute atomic E-state index is 4.41. The van der Waals surface area contributed by atoms with Crippen LogP contribution in [-0.2, 0) is 0 Å². The first-order valence-corrected chi connectivity index (χ1v) is 4.91. The molecule has 1 aliphatic heterocycles. The highest BCUT2D eigenvalue weighted by Gasteiger charge is 2.18. The van der Waals surface area contributed by atoms with Gasteiger partial charge in [0.15, 0.2) is 5.65 Å². The fourth-order valence-corrected chi connectivity index (χ4v) is 1.79. The van der Waals surface area contributed by atoms with Crippen LogP contribution in [0, 0.1) is 6.92 Å². The fraction of sp³-hybridized carbons (Fsp3) is 0.400. The van der Waals surface area contributed by atoms with E-state index in [0.717, 1.165) is 24.4 Å². The first-order valence-electron chi connectivity index (χ1n) is 4.91. The molecule has 1 aliphatic rings. The Bertz CT molecular complexity index is 470. The topological polar surface area (TPSA) is 33.4 Å². The second-order valence-electron chi connectivity index (χ2n) is 3.70. The van der Waals surface area contributed by atoms with Crippen LogP contribution in [0.3, 0.4) is 0 Å². The van der Waals surface area contributed by atoms with E-state index in [2.05, 4.69) is 21.0 Å². The third-order valence-corrected chi connectivity index (χ3v) is 2.65. The minimum absolute atomic E-state index is 0.937. The lowest BCUT2D eigenvalue weighted by molar-refractivity contribution is 0.599. The smallest absolute Gasteiger partial charge is 0.157 e. The van der Waals surface area contributed by atoms with Crippen LogP contribution in [0.2, 0.25) is 0 Å². The quantitative estimate of drug-likeness (QED) is 0.675. The first-order chi connectivity index (χ1) is 6.84. The van der Waals surface area contributed by atoms with Crippen LogP contribution in [0.4, 0.5) is 5.82 Å². The van der Waals surface area contributed by atoms with Crippen molar-refractivity contribution >= 4 is 11.5 Å². The molecule has 2 aromatic heterocycles. The highest BCUT2D eigenvalue weighted by Crippen LogP contribution is 2.21. The molecule has 0 unspecified atom stereocenters. The highest BCUT2D eigenvalue weighted by atomic mass is 15.4. The van der Waals surface area contributed by atoms with Gasteiger partial charge >= 0.3 is 0 Å². The van der Waals surface area contributed by atoms with Gasteiger partial charge in [-0.05, 0) is 13.3 Å². The molecular weight excluding hydrogens is 176 g/mol. The summed E-state index contributed by atoms with van der Waals surface area (Å²) in [7, 11) is 0. The van der Waals surface area contributed by atoms with Gasteiger partial charge in [-0.1, -0.05) is 0 Å². The molecule has 2 aromatic rings. The molecule has 3 rings (SSSR count). The number of nitrogens with zero attached hydrogens (tertiary/aromatic N) is 4. The second kappa shape index (κ2) is 2.70. The Morgan fingerprint density at radius 1 is 1.36 bits per heavy atom. The zero-order chi connectivity index (χ0) is 9.54. The van der Waals surface area contributed by atoms with Gasteiger partial charge in [-0.15, -0.1) is 0 Å². The average Bonchev–Trinajstić information content (AvgIpc) is 2.47. The Kier molecular flexibility index (Phi) is 1.50. The standard InChI is InChI=1S/C10H12N4/c1-8-7-10(13-5-2-6-13)14-9(12-8)3-4-11-14/h3-4,7H,2,5-6H2,1H3. The number of aromatic nitrogens is 3. The summed E-state index contributed by atoms with van der Waals surface area (Å²) in [6.45, 7) is 4.30. The van der Waals surface area contributed by atoms with Crippen molar-refractivity contribution in [3.63, 3.8) is 0 Å². The molecular formula is C10H12N4. The maximum Gasteiger partial charge on any atom is 0.157 e. The number of rotatable bonds is 1. The van der Waals surface area contributed by atoms with E-state index in [1.807, 2.05) is 17.5 Å². The summed E-state index contributed by atoms with van der Waals surface area (Å²) in [5.41, 5.74) is 1.99. The van der Waals surface area contributed by atoms with Gasteiger partial charge in [-0.2, -0.15) is 9.61 Å². The van der Waals surface area contributed by atoms with Crippen LogP contribution in [0.1, 0.15) is 12.1 Å². The van der Waals surface area contributed by atoms with E-state index in [1.165, 1.54) is 12.2 Å². The lowest BCUT2D eigenvalue weighted by atomic mass is 10.2. The Morgan fingerprint density at radius 3 is 2.93 bits per heavy atom. The summed E-state index contributed by atoms with van der Waals surface area (Å²) in [4.78, 5) is 6.74. The maximum atomic E-state index is 4.41. The molecule has 0 atom stereocenters. The molecule has 0 aromatic carbocycles. The van der Waals surface area contributed by atoms with E-state index in [-0.39, 0.29) is 0 Å². The van der Waals surface area contributed by atoms with E-state index < -0.39 is 0 Å². The van der Waals surface area contributed by atoms with Gasteiger partial charge in [0.2, 0.25) is 0 Å². The molecule has 14 heavy (non-hydrogen) atoms. The Labute approximate surface area is 82.2 Å². The summed E-state index contributed by atoms with van der Waals surface area (Å²) in [5.74, 6) is 1.17. The molecule has 1 fully saturated rings. The monoisotopic (exact) mass is 188 g/mol. The van der Waals surface area contributed by atoms with Crippen molar-refractivity contribution in [3.8, 4) is 0 Å². The zero-order valence-electron chi connectivity index (χ0n) is 8.14. The fourth-order valence-electron chi connectivity index (χ4n) is 1.79. The number of aryl methyl sites for hydroxylation is 1. The van der Waals surface area contributed by atoms with Crippen molar-refractivity contribution in [2.75, 3.05) is 18.0 Å². The minimum atomic E-state index is 0.937. The normalized spacial score (nSPS) is 15.9. The van der Waals surface area contributed by atoms with E-state index in [9.17, 15) is 0 Å². The third-order valence-electron chi connectivity index (χ3n) is 2.65. The largest absolute Gasteiger partial charge is 0.356 e. The summed E-state index contributed by atoms with van der Waals surface area (Å²) >= 11 is 0. The van der Waals surface area contributed by atoms with E-state index in [1.54, 1.807) is 6.20 Å². The van der Waals surface area contributed by atoms with Crippen LogP contribution in [0.5, 0.6) is 0 Å². The number of fused-ring (bicyclic) bond motifs is 1. The van der Waals surface area contributed by atoms with Gasteiger partial charge in [0.1, 0.15) is 5.82 Å². The molecule has 0 radical (unpaired) electrons. The van der Waals surface area contributed by atoms with Gasteiger partial charge in [0.25, 0.3) is 0 Å². The molecule has 4 heteroatoms. The minimum Gasteiger partial charge on any atom is -0.356 e. The van der Waals surface area contributed by atoms with Crippen molar-refractivity contribution in [2.24, 2.45) is 0 Å². The van der Waals surface area contributed by atoms with Crippen LogP contribution in [0.25, 0.3) is 5.65 Å². The van der Waals surface area contributed by atoms with Crippen LogP contribution >= 0.6 is 0 Å². The Balaban J connectivity index is 2.23. The Morgan fingerprint density at radius 2 is 2.21 bits per heavy atom. The van der Waals surface area contributed by atoms with Gasteiger partial charge in [-0.3, -0.25) is 0 Å². The summed E-state index contributed by atoms with van der Waals surface area (Å²) in [6, 6.07) is 4.04. The molecule has 0 saturated carbocycles. The molecule has 0 amide bonds. The third kappa shape index (κ3) is 0.999.